The first kappa shape index (κ1) is 28.8. The fraction of sp³-hybridized carbons (Fsp3) is 0.391. The number of aliphatic carboxylic acids is 1. The summed E-state index contributed by atoms with van der Waals surface area (Å²) in [4.78, 5) is 75.5. The van der Waals surface area contributed by atoms with E-state index in [0.717, 1.165) is 10.9 Å². The van der Waals surface area contributed by atoms with Crippen molar-refractivity contribution in [1.82, 2.24) is 20.9 Å². The van der Waals surface area contributed by atoms with Gasteiger partial charge in [-0.15, -0.1) is 0 Å². The number of rotatable bonds is 14. The maximum absolute atomic E-state index is 13.0. The van der Waals surface area contributed by atoms with Crippen LogP contribution in [0, 0.1) is 0 Å². The smallest absolute Gasteiger partial charge is 0.326 e. The van der Waals surface area contributed by atoms with Crippen molar-refractivity contribution in [3.63, 3.8) is 0 Å². The van der Waals surface area contributed by atoms with Crippen molar-refractivity contribution in [3.05, 3.63) is 36.0 Å². The van der Waals surface area contributed by atoms with Gasteiger partial charge in [0.05, 0.1) is 12.5 Å². The number of H-pyrrole nitrogens is 1. The molecule has 200 valence electrons. The van der Waals surface area contributed by atoms with Crippen LogP contribution >= 0.6 is 0 Å². The van der Waals surface area contributed by atoms with Crippen molar-refractivity contribution in [3.8, 4) is 0 Å². The number of hydrogen-bond acceptors (Lipinski definition) is 7. The lowest BCUT2D eigenvalue weighted by molar-refractivity contribution is -0.142. The minimum atomic E-state index is -1.56. The zero-order valence-electron chi connectivity index (χ0n) is 20.2. The molecule has 0 spiro atoms. The molecule has 1 heterocycles. The lowest BCUT2D eigenvalue weighted by Crippen LogP contribution is -2.57. The fourth-order valence-electron chi connectivity index (χ4n) is 3.53. The summed E-state index contributed by atoms with van der Waals surface area (Å²) < 4.78 is 0. The Kier molecular flexibility index (Phi) is 10.1. The first-order chi connectivity index (χ1) is 17.4. The van der Waals surface area contributed by atoms with Gasteiger partial charge in [-0.05, 0) is 25.0 Å². The summed E-state index contributed by atoms with van der Waals surface area (Å²) in [6, 6.07) is 1.95. The van der Waals surface area contributed by atoms with Crippen LogP contribution < -0.4 is 33.2 Å². The molecule has 0 fully saturated rings. The Morgan fingerprint density at radius 2 is 1.49 bits per heavy atom. The van der Waals surface area contributed by atoms with Gasteiger partial charge in [0.25, 0.3) is 0 Å². The Hall–Kier alpha value is -4.46. The highest BCUT2D eigenvalue weighted by Gasteiger charge is 2.31. The van der Waals surface area contributed by atoms with Gasteiger partial charge in [0.1, 0.15) is 18.1 Å². The van der Waals surface area contributed by atoms with E-state index in [1.807, 2.05) is 12.1 Å². The molecule has 37 heavy (non-hydrogen) atoms. The van der Waals surface area contributed by atoms with Crippen molar-refractivity contribution < 1.29 is 33.9 Å². The Morgan fingerprint density at radius 3 is 2.08 bits per heavy atom. The van der Waals surface area contributed by atoms with Gasteiger partial charge < -0.3 is 43.2 Å². The standard InChI is InChI=1S/C23H31N7O7/c1-11(24)20(33)28-15(6-7-18(25)31)21(34)29-16(9-19(26)32)22(35)30-17(23(36)37)8-12-10-27-14-5-3-2-4-13(12)14/h2-5,10-11,15-17,27H,6-9,24H2,1H3,(H2,25,31)(H2,26,32)(H,28,33)(H,29,34)(H,30,35)(H,36,37). The molecule has 14 heteroatoms. The Balaban J connectivity index is 2.19. The monoisotopic (exact) mass is 517 g/mol. The van der Waals surface area contributed by atoms with E-state index in [1.165, 1.54) is 6.92 Å². The minimum Gasteiger partial charge on any atom is -0.480 e. The average molecular weight is 518 g/mol. The normalized spacial score (nSPS) is 14.1. The topological polar surface area (TPSA) is 253 Å². The van der Waals surface area contributed by atoms with Crippen LogP contribution in [0.3, 0.4) is 0 Å². The summed E-state index contributed by atoms with van der Waals surface area (Å²) in [5, 5.41) is 17.4. The van der Waals surface area contributed by atoms with E-state index in [9.17, 15) is 33.9 Å². The molecule has 1 aromatic carbocycles. The van der Waals surface area contributed by atoms with Crippen molar-refractivity contribution in [2.75, 3.05) is 0 Å². The van der Waals surface area contributed by atoms with Gasteiger partial charge in [-0.25, -0.2) is 4.79 Å². The Labute approximate surface area is 211 Å². The number of nitrogens with one attached hydrogen (secondary N) is 4. The number of para-hydroxylation sites is 1. The lowest BCUT2D eigenvalue weighted by atomic mass is 10.0. The number of carbonyl (C=O) groups is 6. The van der Waals surface area contributed by atoms with E-state index < -0.39 is 66.1 Å². The second-order valence-corrected chi connectivity index (χ2v) is 8.55. The number of aromatic nitrogens is 1. The summed E-state index contributed by atoms with van der Waals surface area (Å²) >= 11 is 0. The van der Waals surface area contributed by atoms with Gasteiger partial charge in [0, 0.05) is 29.9 Å². The predicted octanol–water partition coefficient (Wildman–Crippen LogP) is -2.26. The SMILES string of the molecule is CC(N)C(=O)NC(CCC(N)=O)C(=O)NC(CC(N)=O)C(=O)NC(Cc1c[nH]c2ccccc12)C(=O)O. The van der Waals surface area contributed by atoms with Crippen LogP contribution in [0.5, 0.6) is 0 Å². The third kappa shape index (κ3) is 8.61. The van der Waals surface area contributed by atoms with Crippen LogP contribution in [0.2, 0.25) is 0 Å². The number of hydrogen-bond donors (Lipinski definition) is 8. The molecule has 0 aliphatic carbocycles. The van der Waals surface area contributed by atoms with Gasteiger partial charge in [0.15, 0.2) is 0 Å². The molecule has 14 nitrogen and oxygen atoms in total. The van der Waals surface area contributed by atoms with E-state index >= 15 is 0 Å². The van der Waals surface area contributed by atoms with E-state index in [0.29, 0.717) is 5.56 Å². The van der Waals surface area contributed by atoms with Gasteiger partial charge in [-0.2, -0.15) is 0 Å². The zero-order chi connectivity index (χ0) is 27.7. The van der Waals surface area contributed by atoms with Gasteiger partial charge >= 0.3 is 5.97 Å². The quantitative estimate of drug-likeness (QED) is 0.135. The molecule has 4 atom stereocenters. The van der Waals surface area contributed by atoms with Crippen molar-refractivity contribution in [1.29, 1.82) is 0 Å². The molecule has 0 bridgehead atoms. The van der Waals surface area contributed by atoms with Gasteiger partial charge in [0.2, 0.25) is 29.5 Å². The van der Waals surface area contributed by atoms with Crippen molar-refractivity contribution in [2.24, 2.45) is 17.2 Å². The van der Waals surface area contributed by atoms with Gasteiger partial charge in [-0.1, -0.05) is 18.2 Å². The summed E-state index contributed by atoms with van der Waals surface area (Å²) in [6.45, 7) is 1.38. The number of carboxylic acids is 1. The van der Waals surface area contributed by atoms with Crippen LogP contribution in [-0.2, 0) is 35.2 Å². The molecule has 4 unspecified atom stereocenters. The maximum atomic E-state index is 13.0. The first-order valence-corrected chi connectivity index (χ1v) is 11.4. The van der Waals surface area contributed by atoms with E-state index in [4.69, 9.17) is 17.2 Å². The number of primary amides is 2. The predicted molar refractivity (Wildman–Crippen MR) is 131 cm³/mol. The summed E-state index contributed by atoms with van der Waals surface area (Å²) in [5.41, 5.74) is 17.3. The highest BCUT2D eigenvalue weighted by molar-refractivity contribution is 5.96. The van der Waals surface area contributed by atoms with Crippen LogP contribution in [0.1, 0.15) is 31.7 Å². The van der Waals surface area contributed by atoms with Crippen molar-refractivity contribution >= 4 is 46.4 Å². The third-order valence-electron chi connectivity index (χ3n) is 5.48. The number of carbonyl (C=O) groups excluding carboxylic acids is 5. The second-order valence-electron chi connectivity index (χ2n) is 8.55. The molecule has 2 aromatic rings. The number of aromatic amines is 1. The molecule has 0 aliphatic heterocycles. The molecule has 5 amide bonds. The highest BCUT2D eigenvalue weighted by Crippen LogP contribution is 2.19. The molecular formula is C23H31N7O7. The number of benzene rings is 1. The van der Waals surface area contributed by atoms with Crippen LogP contribution in [0.25, 0.3) is 10.9 Å². The zero-order valence-corrected chi connectivity index (χ0v) is 20.2. The maximum Gasteiger partial charge on any atom is 0.326 e. The largest absolute Gasteiger partial charge is 0.480 e. The third-order valence-corrected chi connectivity index (χ3v) is 5.48. The number of nitrogens with two attached hydrogens (primary N) is 3. The highest BCUT2D eigenvalue weighted by atomic mass is 16.4. The van der Waals surface area contributed by atoms with E-state index in [2.05, 4.69) is 20.9 Å². The van der Waals surface area contributed by atoms with Crippen LogP contribution in [0.15, 0.2) is 30.5 Å². The van der Waals surface area contributed by atoms with E-state index in [-0.39, 0.29) is 19.3 Å². The van der Waals surface area contributed by atoms with Gasteiger partial charge in [-0.3, -0.25) is 24.0 Å². The average Bonchev–Trinajstić information content (AvgIpc) is 3.22. The second kappa shape index (κ2) is 13.0. The Bertz CT molecular complexity index is 1180. The number of fused-ring (bicyclic) bond motifs is 1. The summed E-state index contributed by atoms with van der Waals surface area (Å²) in [6.07, 6.45) is 0.410. The van der Waals surface area contributed by atoms with Crippen LogP contribution in [-0.4, -0.2) is 69.8 Å². The van der Waals surface area contributed by atoms with Crippen molar-refractivity contribution in [2.45, 2.75) is 56.8 Å². The Morgan fingerprint density at radius 1 is 0.892 bits per heavy atom. The van der Waals surface area contributed by atoms with Crippen LogP contribution in [0.4, 0.5) is 0 Å². The molecule has 2 rings (SSSR count). The fourth-order valence-corrected chi connectivity index (χ4v) is 3.53. The first-order valence-electron chi connectivity index (χ1n) is 11.4. The molecule has 0 saturated heterocycles. The molecular weight excluding hydrogens is 486 g/mol. The molecule has 0 radical (unpaired) electrons. The van der Waals surface area contributed by atoms with E-state index in [1.54, 1.807) is 18.3 Å². The number of amides is 5. The molecule has 0 aliphatic rings. The molecule has 1 aromatic heterocycles. The molecule has 0 saturated carbocycles. The summed E-state index contributed by atoms with van der Waals surface area (Å²) in [7, 11) is 0. The lowest BCUT2D eigenvalue weighted by Gasteiger charge is -2.24. The molecule has 11 N–H and O–H groups in total. The number of carboxylic acid groups (broad SMARTS) is 1. The minimum absolute atomic E-state index is 0.0893. The summed E-state index contributed by atoms with van der Waals surface area (Å²) in [5.74, 6) is -5.62.